The third-order valence-electron chi connectivity index (χ3n) is 3.92. The first-order chi connectivity index (χ1) is 11.8. The quantitative estimate of drug-likeness (QED) is 0.387. The van der Waals surface area contributed by atoms with Crippen LogP contribution in [0.5, 0.6) is 0 Å². The Kier molecular flexibility index (Phi) is 3.88. The zero-order chi connectivity index (χ0) is 15.9. The van der Waals surface area contributed by atoms with Crippen molar-refractivity contribution < 1.29 is 17.1 Å². The summed E-state index contributed by atoms with van der Waals surface area (Å²) in [7, 11) is 0. The third-order valence-corrected chi connectivity index (χ3v) is 3.92. The molecule has 4 nitrogen and oxygen atoms in total. The van der Waals surface area contributed by atoms with Gasteiger partial charge < -0.3 is 9.97 Å². The predicted octanol–water partition coefficient (Wildman–Crippen LogP) is 3.91. The van der Waals surface area contributed by atoms with Gasteiger partial charge in [0.05, 0.1) is 22.8 Å². The molecule has 123 valence electrons. The maximum absolute atomic E-state index is 4.59. The van der Waals surface area contributed by atoms with Crippen LogP contribution in [0.15, 0.2) is 48.5 Å². The summed E-state index contributed by atoms with van der Waals surface area (Å²) in [5.74, 6) is 0. The summed E-state index contributed by atoms with van der Waals surface area (Å²) in [5.41, 5.74) is 7.15. The average Bonchev–Trinajstić information content (AvgIpc) is 3.32. The summed E-state index contributed by atoms with van der Waals surface area (Å²) in [6, 6.07) is 15.9. The molecule has 8 bridgehead atoms. The molecule has 5 rings (SSSR count). The van der Waals surface area contributed by atoms with Gasteiger partial charge in [-0.2, -0.15) is 0 Å². The first-order valence-corrected chi connectivity index (χ1v) is 7.74. The Bertz CT molecular complexity index is 990. The first kappa shape index (κ1) is 15.6. The minimum Gasteiger partial charge on any atom is -0.658 e. The van der Waals surface area contributed by atoms with Gasteiger partial charge in [-0.3, -0.25) is 0 Å². The van der Waals surface area contributed by atoms with E-state index < -0.39 is 0 Å². The largest absolute Gasteiger partial charge is 2.00 e. The van der Waals surface area contributed by atoms with Crippen LogP contribution in [0.4, 0.5) is 0 Å². The van der Waals surface area contributed by atoms with E-state index in [0.29, 0.717) is 0 Å². The molecule has 0 N–H and O–H groups in total. The van der Waals surface area contributed by atoms with Crippen LogP contribution in [0, 0.1) is 0 Å². The molecule has 0 aliphatic carbocycles. The Hall–Kier alpha value is -2.88. The molecule has 0 saturated carbocycles. The fourth-order valence-corrected chi connectivity index (χ4v) is 2.83. The van der Waals surface area contributed by atoms with Crippen LogP contribution in [0.2, 0.25) is 0 Å². The first-order valence-electron chi connectivity index (χ1n) is 7.74. The van der Waals surface area contributed by atoms with Gasteiger partial charge in [0.2, 0.25) is 0 Å². The van der Waals surface area contributed by atoms with Gasteiger partial charge in [-0.15, -0.1) is 22.1 Å². The molecule has 3 aromatic rings. The van der Waals surface area contributed by atoms with Crippen LogP contribution in [0.3, 0.4) is 0 Å². The second kappa shape index (κ2) is 6.20. The van der Waals surface area contributed by atoms with Gasteiger partial charge in [0, 0.05) is 0 Å². The van der Waals surface area contributed by atoms with Crippen molar-refractivity contribution in [1.29, 1.82) is 0 Å². The predicted molar refractivity (Wildman–Crippen MR) is 96.8 cm³/mol. The molecule has 0 amide bonds. The zero-order valence-electron chi connectivity index (χ0n) is 13.0. The molecular weight excluding hydrogens is 360 g/mol. The van der Waals surface area contributed by atoms with E-state index in [1.807, 2.05) is 72.8 Å². The van der Waals surface area contributed by atoms with Crippen LogP contribution in [0.1, 0.15) is 22.8 Å². The van der Waals surface area contributed by atoms with Crippen LogP contribution in [-0.2, 0) is 17.1 Å². The summed E-state index contributed by atoms with van der Waals surface area (Å²) in [4.78, 5) is 18.4. The van der Waals surface area contributed by atoms with E-state index in [9.17, 15) is 0 Å². The van der Waals surface area contributed by atoms with Gasteiger partial charge >= 0.3 is 17.1 Å². The molecule has 2 aliphatic heterocycles. The van der Waals surface area contributed by atoms with Crippen LogP contribution in [-0.4, -0.2) is 9.97 Å². The molecule has 1 radical (unpaired) electrons. The summed E-state index contributed by atoms with van der Waals surface area (Å²) in [5, 5.41) is 0. The van der Waals surface area contributed by atoms with Crippen molar-refractivity contribution in [3.8, 4) is 0 Å². The smallest absolute Gasteiger partial charge is 0.658 e. The summed E-state index contributed by atoms with van der Waals surface area (Å²) < 4.78 is 0. The van der Waals surface area contributed by atoms with Crippen molar-refractivity contribution >= 4 is 46.4 Å². The van der Waals surface area contributed by atoms with E-state index in [-0.39, 0.29) is 17.1 Å². The Balaban J connectivity index is 0.00000157. The van der Waals surface area contributed by atoms with E-state index in [1.165, 1.54) is 0 Å². The Labute approximate surface area is 154 Å². The van der Waals surface area contributed by atoms with E-state index in [0.717, 1.165) is 44.8 Å². The number of hydrogen-bond acceptors (Lipinski definition) is 2. The van der Waals surface area contributed by atoms with Gasteiger partial charge in [0.25, 0.3) is 0 Å². The van der Waals surface area contributed by atoms with Gasteiger partial charge in [-0.1, -0.05) is 48.5 Å². The zero-order valence-corrected chi connectivity index (χ0v) is 14.0. The summed E-state index contributed by atoms with van der Waals surface area (Å²) >= 11 is 0. The monoisotopic (exact) mass is 371 g/mol. The van der Waals surface area contributed by atoms with Crippen LogP contribution in [0.25, 0.3) is 46.4 Å². The minimum absolute atomic E-state index is 0. The number of fused-ring (bicyclic) bond motifs is 8. The molecule has 5 heteroatoms. The molecule has 2 aliphatic rings. The minimum atomic E-state index is 0. The van der Waals surface area contributed by atoms with E-state index in [2.05, 4.69) is 19.9 Å². The molecule has 0 saturated heterocycles. The number of aromatic nitrogens is 4. The molecule has 25 heavy (non-hydrogen) atoms. The molecule has 3 aromatic heterocycles. The normalized spacial score (nSPS) is 12.2. The van der Waals surface area contributed by atoms with E-state index >= 15 is 0 Å². The topological polar surface area (TPSA) is 54.0 Å². The second-order valence-electron chi connectivity index (χ2n) is 5.76. The van der Waals surface area contributed by atoms with E-state index in [1.54, 1.807) is 0 Å². The molecule has 5 heterocycles. The van der Waals surface area contributed by atoms with Crippen molar-refractivity contribution in [3.63, 3.8) is 0 Å². The molecule has 0 unspecified atom stereocenters. The third kappa shape index (κ3) is 3.20. The van der Waals surface area contributed by atoms with Gasteiger partial charge in [0.15, 0.2) is 0 Å². The molecule has 0 atom stereocenters. The second-order valence-corrected chi connectivity index (χ2v) is 5.76. The number of hydrogen-bond donors (Lipinski definition) is 0. The maximum Gasteiger partial charge on any atom is 2.00 e. The van der Waals surface area contributed by atoms with Crippen LogP contribution >= 0.6 is 0 Å². The summed E-state index contributed by atoms with van der Waals surface area (Å²) in [6.07, 6.45) is 7.95. The van der Waals surface area contributed by atoms with Crippen molar-refractivity contribution in [2.45, 2.75) is 0 Å². The van der Waals surface area contributed by atoms with E-state index in [4.69, 9.17) is 0 Å². The van der Waals surface area contributed by atoms with Gasteiger partial charge in [-0.05, 0) is 24.3 Å². The van der Waals surface area contributed by atoms with Crippen molar-refractivity contribution in [2.75, 3.05) is 0 Å². The van der Waals surface area contributed by atoms with Gasteiger partial charge in [-0.25, -0.2) is 9.97 Å². The van der Waals surface area contributed by atoms with Crippen molar-refractivity contribution in [2.24, 2.45) is 0 Å². The van der Waals surface area contributed by atoms with Crippen molar-refractivity contribution in [3.05, 3.63) is 71.3 Å². The Morgan fingerprint density at radius 2 is 0.760 bits per heavy atom. The summed E-state index contributed by atoms with van der Waals surface area (Å²) in [6.45, 7) is 0. The van der Waals surface area contributed by atoms with Crippen molar-refractivity contribution in [1.82, 2.24) is 19.9 Å². The number of rotatable bonds is 0. The molecule has 0 aromatic carbocycles. The standard InChI is InChI=1S/C20H12N4.Cu/c1-2-14-10-16-5-6-18(23-16)12-20-8-7-19(24-20)11-17-4-3-15(22-17)9-13(1)21-14;/h1-12H;/q-2;+2. The number of nitrogens with zero attached hydrogens (tertiary/aromatic N) is 4. The van der Waals surface area contributed by atoms with Crippen LogP contribution < -0.4 is 9.97 Å². The average molecular weight is 372 g/mol. The molecule has 0 spiro atoms. The fourth-order valence-electron chi connectivity index (χ4n) is 2.83. The Morgan fingerprint density at radius 1 is 0.480 bits per heavy atom. The molecule has 0 fully saturated rings. The Morgan fingerprint density at radius 3 is 1.04 bits per heavy atom. The SMILES string of the molecule is C1=Cc2cc3ccc(cc4nc(cc5ccc(cc1n2)[n-]5)C=C4)[n-]3.[Cu+2]. The maximum atomic E-state index is 4.59. The molecular formula is C20H12CuN4. The fraction of sp³-hybridized carbons (Fsp3) is 0. The van der Waals surface area contributed by atoms with Gasteiger partial charge in [0.1, 0.15) is 0 Å².